The standard InChI is InChI=1S/C13H15ClO4S2/c1-19-11-9(14)6-8(7-10(11)20(2,17)18)13(12(15)16)4-3-5-13/h6-7H,3-5H2,1-2H3,(H,15,16). The maximum absolute atomic E-state index is 11.9. The third kappa shape index (κ3) is 2.44. The van der Waals surface area contributed by atoms with E-state index < -0.39 is 21.2 Å². The summed E-state index contributed by atoms with van der Waals surface area (Å²) in [6, 6.07) is 3.07. The topological polar surface area (TPSA) is 71.4 Å². The summed E-state index contributed by atoms with van der Waals surface area (Å²) in [6.07, 6.45) is 4.70. The van der Waals surface area contributed by atoms with Crippen molar-refractivity contribution in [1.29, 1.82) is 0 Å². The predicted octanol–water partition coefficient (Wildman–Crippen LogP) is 2.97. The molecule has 4 nitrogen and oxygen atoms in total. The van der Waals surface area contributed by atoms with E-state index >= 15 is 0 Å². The number of thioether (sulfide) groups is 1. The van der Waals surface area contributed by atoms with Crippen molar-refractivity contribution in [2.75, 3.05) is 12.5 Å². The zero-order valence-corrected chi connectivity index (χ0v) is 13.5. The van der Waals surface area contributed by atoms with Crippen LogP contribution in [0.4, 0.5) is 0 Å². The summed E-state index contributed by atoms with van der Waals surface area (Å²) in [6.45, 7) is 0. The predicted molar refractivity (Wildman–Crippen MR) is 79.5 cm³/mol. The molecule has 7 heteroatoms. The fourth-order valence-electron chi connectivity index (χ4n) is 2.47. The number of aliphatic carboxylic acids is 1. The average molecular weight is 335 g/mol. The van der Waals surface area contributed by atoms with E-state index in [-0.39, 0.29) is 4.90 Å². The van der Waals surface area contributed by atoms with Gasteiger partial charge in [0.25, 0.3) is 0 Å². The van der Waals surface area contributed by atoms with Crippen LogP contribution in [0, 0.1) is 0 Å². The molecule has 0 saturated heterocycles. The second-order valence-electron chi connectivity index (χ2n) is 5.00. The molecule has 1 aliphatic carbocycles. The fraction of sp³-hybridized carbons (Fsp3) is 0.462. The molecule has 1 aromatic rings. The van der Waals surface area contributed by atoms with E-state index in [1.165, 1.54) is 17.8 Å². The fourth-order valence-corrected chi connectivity index (χ4v) is 4.99. The molecule has 0 heterocycles. The summed E-state index contributed by atoms with van der Waals surface area (Å²) in [5, 5.41) is 9.74. The van der Waals surface area contributed by atoms with Crippen LogP contribution in [-0.2, 0) is 20.0 Å². The van der Waals surface area contributed by atoms with Crippen LogP contribution in [-0.4, -0.2) is 32.0 Å². The van der Waals surface area contributed by atoms with Crippen molar-refractivity contribution in [1.82, 2.24) is 0 Å². The number of hydrogen-bond donors (Lipinski definition) is 1. The second kappa shape index (κ2) is 5.24. The maximum Gasteiger partial charge on any atom is 0.314 e. The average Bonchev–Trinajstić information content (AvgIpc) is 2.24. The smallest absolute Gasteiger partial charge is 0.314 e. The third-order valence-electron chi connectivity index (χ3n) is 3.78. The van der Waals surface area contributed by atoms with Gasteiger partial charge >= 0.3 is 5.97 Å². The van der Waals surface area contributed by atoms with E-state index in [1.807, 2.05) is 0 Å². The van der Waals surface area contributed by atoms with Gasteiger partial charge in [-0.1, -0.05) is 18.0 Å². The minimum atomic E-state index is -3.46. The number of sulfone groups is 1. The quantitative estimate of drug-likeness (QED) is 0.857. The van der Waals surface area contributed by atoms with Crippen molar-refractivity contribution in [3.8, 4) is 0 Å². The molecule has 1 aliphatic rings. The molecule has 1 N–H and O–H groups in total. The highest BCUT2D eigenvalue weighted by molar-refractivity contribution is 7.99. The normalized spacial score (nSPS) is 17.6. The Morgan fingerprint density at radius 3 is 2.35 bits per heavy atom. The van der Waals surface area contributed by atoms with Crippen molar-refractivity contribution >= 4 is 39.2 Å². The molecule has 110 valence electrons. The number of rotatable bonds is 4. The third-order valence-corrected chi connectivity index (χ3v) is 6.29. The lowest BCUT2D eigenvalue weighted by molar-refractivity contribution is -0.147. The molecule has 1 fully saturated rings. The van der Waals surface area contributed by atoms with Crippen molar-refractivity contribution in [3.05, 3.63) is 22.7 Å². The number of carboxylic acid groups (broad SMARTS) is 1. The van der Waals surface area contributed by atoms with Crippen molar-refractivity contribution in [2.24, 2.45) is 0 Å². The van der Waals surface area contributed by atoms with Gasteiger partial charge in [0.15, 0.2) is 9.84 Å². The summed E-state index contributed by atoms with van der Waals surface area (Å²) < 4.78 is 23.8. The zero-order valence-electron chi connectivity index (χ0n) is 11.1. The first-order valence-corrected chi connectivity index (χ1v) is 9.53. The van der Waals surface area contributed by atoms with Crippen LogP contribution in [0.15, 0.2) is 21.9 Å². The lowest BCUT2D eigenvalue weighted by Crippen LogP contribution is -2.42. The van der Waals surface area contributed by atoms with E-state index in [0.717, 1.165) is 12.7 Å². The molecule has 1 saturated carbocycles. The molecule has 0 atom stereocenters. The van der Waals surface area contributed by atoms with E-state index in [0.29, 0.717) is 28.3 Å². The Balaban J connectivity index is 2.69. The van der Waals surface area contributed by atoms with Gasteiger partial charge in [0.05, 0.1) is 15.3 Å². The van der Waals surface area contributed by atoms with Gasteiger partial charge < -0.3 is 5.11 Å². The summed E-state index contributed by atoms with van der Waals surface area (Å²) >= 11 is 7.40. The zero-order chi connectivity index (χ0) is 15.1. The Morgan fingerprint density at radius 1 is 1.40 bits per heavy atom. The van der Waals surface area contributed by atoms with E-state index in [9.17, 15) is 18.3 Å². The van der Waals surface area contributed by atoms with Gasteiger partial charge in [-0.15, -0.1) is 11.8 Å². The molecule has 20 heavy (non-hydrogen) atoms. The van der Waals surface area contributed by atoms with Crippen LogP contribution >= 0.6 is 23.4 Å². The molecule has 1 aromatic carbocycles. The molecule has 0 aliphatic heterocycles. The lowest BCUT2D eigenvalue weighted by Gasteiger charge is -2.38. The molecule has 0 amide bonds. The Kier molecular flexibility index (Phi) is 4.10. The summed E-state index contributed by atoms with van der Waals surface area (Å²) in [4.78, 5) is 12.1. The maximum atomic E-state index is 11.9. The van der Waals surface area contributed by atoms with Crippen LogP contribution in [0.2, 0.25) is 5.02 Å². The molecule has 0 aromatic heterocycles. The Labute approximate surface area is 127 Å². The van der Waals surface area contributed by atoms with Crippen LogP contribution < -0.4 is 0 Å². The molecule has 0 spiro atoms. The summed E-state index contributed by atoms with van der Waals surface area (Å²) in [7, 11) is -3.46. The van der Waals surface area contributed by atoms with Crippen LogP contribution in [0.3, 0.4) is 0 Å². The van der Waals surface area contributed by atoms with Crippen molar-refractivity contribution in [3.63, 3.8) is 0 Å². The van der Waals surface area contributed by atoms with E-state index in [1.54, 1.807) is 12.3 Å². The number of halogens is 1. The van der Waals surface area contributed by atoms with Gasteiger partial charge in [-0.25, -0.2) is 8.42 Å². The van der Waals surface area contributed by atoms with Gasteiger partial charge in [0, 0.05) is 11.2 Å². The second-order valence-corrected chi connectivity index (χ2v) is 8.21. The molecular formula is C13H15ClO4S2. The minimum absolute atomic E-state index is 0.111. The number of benzene rings is 1. The number of hydrogen-bond acceptors (Lipinski definition) is 4. The Hall–Kier alpha value is -0.720. The van der Waals surface area contributed by atoms with Gasteiger partial charge in [0.2, 0.25) is 0 Å². The molecule has 0 unspecified atom stereocenters. The number of carbonyl (C=O) groups is 1. The first-order chi connectivity index (χ1) is 9.22. The SMILES string of the molecule is CSc1c(Cl)cc(C2(C(=O)O)CCC2)cc1S(C)(=O)=O. The van der Waals surface area contributed by atoms with Gasteiger partial charge in [0.1, 0.15) is 0 Å². The lowest BCUT2D eigenvalue weighted by atomic mass is 9.64. The van der Waals surface area contributed by atoms with Crippen molar-refractivity contribution < 1.29 is 18.3 Å². The van der Waals surface area contributed by atoms with Gasteiger partial charge in [-0.05, 0) is 36.8 Å². The summed E-state index contributed by atoms with van der Waals surface area (Å²) in [5.41, 5.74) is -0.500. The molecule has 2 rings (SSSR count). The highest BCUT2D eigenvalue weighted by Crippen LogP contribution is 2.46. The van der Waals surface area contributed by atoms with Crippen LogP contribution in [0.25, 0.3) is 0 Å². The number of carboxylic acids is 1. The highest BCUT2D eigenvalue weighted by Gasteiger charge is 2.46. The van der Waals surface area contributed by atoms with E-state index in [2.05, 4.69) is 0 Å². The molecule has 0 radical (unpaired) electrons. The van der Waals surface area contributed by atoms with Crippen molar-refractivity contribution in [2.45, 2.75) is 34.5 Å². The first-order valence-electron chi connectivity index (χ1n) is 6.04. The van der Waals surface area contributed by atoms with E-state index in [4.69, 9.17) is 11.6 Å². The molecule has 0 bridgehead atoms. The van der Waals surface area contributed by atoms with Crippen LogP contribution in [0.5, 0.6) is 0 Å². The van der Waals surface area contributed by atoms with Crippen LogP contribution in [0.1, 0.15) is 24.8 Å². The largest absolute Gasteiger partial charge is 0.481 e. The molecular weight excluding hydrogens is 320 g/mol. The Bertz CT molecular complexity index is 663. The minimum Gasteiger partial charge on any atom is -0.481 e. The first kappa shape index (κ1) is 15.7. The highest BCUT2D eigenvalue weighted by atomic mass is 35.5. The Morgan fingerprint density at radius 2 is 2.00 bits per heavy atom. The van der Waals surface area contributed by atoms with Gasteiger partial charge in [-0.3, -0.25) is 4.79 Å². The van der Waals surface area contributed by atoms with Gasteiger partial charge in [-0.2, -0.15) is 0 Å². The summed E-state index contributed by atoms with van der Waals surface area (Å²) in [5.74, 6) is -0.920. The monoisotopic (exact) mass is 334 g/mol.